The molecule has 1 aliphatic carbocycles. The third-order valence-corrected chi connectivity index (χ3v) is 7.07. The van der Waals surface area contributed by atoms with Crippen molar-refractivity contribution < 1.29 is 13.9 Å². The topological polar surface area (TPSA) is 90.1 Å². The fourth-order valence-corrected chi connectivity index (χ4v) is 5.06. The summed E-state index contributed by atoms with van der Waals surface area (Å²) in [6.45, 7) is 5.61. The number of hydrogen-bond acceptors (Lipinski definition) is 6. The van der Waals surface area contributed by atoms with E-state index in [0.29, 0.717) is 17.0 Å². The van der Waals surface area contributed by atoms with Crippen molar-refractivity contribution in [2.75, 3.05) is 0 Å². The van der Waals surface area contributed by atoms with Gasteiger partial charge in [0.05, 0.1) is 23.0 Å². The Hall–Kier alpha value is -4.52. The molecule has 39 heavy (non-hydrogen) atoms. The third-order valence-electron chi connectivity index (χ3n) is 7.07. The van der Waals surface area contributed by atoms with E-state index >= 15 is 0 Å². The molecule has 0 bridgehead atoms. The number of fused-ring (bicyclic) bond motifs is 1. The lowest BCUT2D eigenvalue weighted by atomic mass is 9.71. The SMILES string of the molecule is CC(C)(C)OC(=O)NC1(c2ccc(-c3oc4ncc(-c5cccnc5)nc4c3-c3ccccc3)cc2)CCC1. The molecule has 0 radical (unpaired) electrons. The highest BCUT2D eigenvalue weighted by Crippen LogP contribution is 2.44. The number of aromatic nitrogens is 3. The summed E-state index contributed by atoms with van der Waals surface area (Å²) in [6.07, 6.45) is 7.63. The summed E-state index contributed by atoms with van der Waals surface area (Å²) in [5.41, 5.74) is 5.68. The van der Waals surface area contributed by atoms with Crippen LogP contribution in [0.25, 0.3) is 44.9 Å². The first-order valence-electron chi connectivity index (χ1n) is 13.2. The molecular formula is C32H30N4O3. The van der Waals surface area contributed by atoms with Gasteiger partial charge in [-0.05, 0) is 63.3 Å². The lowest BCUT2D eigenvalue weighted by molar-refractivity contribution is 0.0377. The number of carbonyl (C=O) groups is 1. The highest BCUT2D eigenvalue weighted by Gasteiger charge is 2.41. The largest absolute Gasteiger partial charge is 0.444 e. The van der Waals surface area contributed by atoms with Crippen molar-refractivity contribution in [3.63, 3.8) is 0 Å². The molecule has 7 heteroatoms. The van der Waals surface area contributed by atoms with Gasteiger partial charge < -0.3 is 14.5 Å². The molecule has 1 fully saturated rings. The first-order chi connectivity index (χ1) is 18.8. The third kappa shape index (κ3) is 4.88. The number of pyridine rings is 1. The van der Waals surface area contributed by atoms with E-state index in [4.69, 9.17) is 14.1 Å². The maximum atomic E-state index is 12.6. The molecule has 1 saturated carbocycles. The predicted octanol–water partition coefficient (Wildman–Crippen LogP) is 7.52. The van der Waals surface area contributed by atoms with Crippen LogP contribution in [0, 0.1) is 0 Å². The van der Waals surface area contributed by atoms with Crippen molar-refractivity contribution in [2.24, 2.45) is 0 Å². The summed E-state index contributed by atoms with van der Waals surface area (Å²) in [5, 5.41) is 3.13. The molecule has 2 aromatic carbocycles. The van der Waals surface area contributed by atoms with Crippen LogP contribution >= 0.6 is 0 Å². The van der Waals surface area contributed by atoms with Crippen molar-refractivity contribution in [1.82, 2.24) is 20.3 Å². The van der Waals surface area contributed by atoms with Crippen LogP contribution < -0.4 is 5.32 Å². The van der Waals surface area contributed by atoms with E-state index in [-0.39, 0.29) is 0 Å². The number of hydrogen-bond donors (Lipinski definition) is 1. The average Bonchev–Trinajstić information content (AvgIpc) is 3.30. The Bertz CT molecular complexity index is 1620. The van der Waals surface area contributed by atoms with Gasteiger partial charge in [0.1, 0.15) is 16.9 Å². The Labute approximate surface area is 227 Å². The second-order valence-corrected chi connectivity index (χ2v) is 11.0. The quantitative estimate of drug-likeness (QED) is 0.259. The summed E-state index contributed by atoms with van der Waals surface area (Å²) >= 11 is 0. The van der Waals surface area contributed by atoms with E-state index < -0.39 is 17.2 Å². The fourth-order valence-electron chi connectivity index (χ4n) is 5.06. The van der Waals surface area contributed by atoms with Crippen molar-refractivity contribution in [2.45, 2.75) is 51.2 Å². The summed E-state index contributed by atoms with van der Waals surface area (Å²) in [5.74, 6) is 0.703. The number of alkyl carbamates (subject to hydrolysis) is 1. The van der Waals surface area contributed by atoms with Gasteiger partial charge in [0.25, 0.3) is 0 Å². The Morgan fingerprint density at radius 3 is 2.31 bits per heavy atom. The molecule has 0 spiro atoms. The molecule has 0 atom stereocenters. The predicted molar refractivity (Wildman–Crippen MR) is 151 cm³/mol. The van der Waals surface area contributed by atoms with Gasteiger partial charge in [-0.15, -0.1) is 0 Å². The zero-order chi connectivity index (χ0) is 27.0. The Morgan fingerprint density at radius 2 is 1.67 bits per heavy atom. The Balaban J connectivity index is 1.40. The van der Waals surface area contributed by atoms with Crippen LogP contribution in [0.4, 0.5) is 4.79 Å². The second-order valence-electron chi connectivity index (χ2n) is 11.0. The normalized spacial score (nSPS) is 14.5. The summed E-state index contributed by atoms with van der Waals surface area (Å²) < 4.78 is 11.9. The van der Waals surface area contributed by atoms with Gasteiger partial charge in [-0.3, -0.25) is 4.98 Å². The van der Waals surface area contributed by atoms with Gasteiger partial charge in [0.15, 0.2) is 0 Å². The van der Waals surface area contributed by atoms with Crippen LogP contribution in [0.5, 0.6) is 0 Å². The number of rotatable bonds is 5. The molecule has 0 unspecified atom stereocenters. The number of amides is 1. The van der Waals surface area contributed by atoms with Gasteiger partial charge in [-0.25, -0.2) is 14.8 Å². The van der Waals surface area contributed by atoms with E-state index in [0.717, 1.165) is 52.8 Å². The zero-order valence-electron chi connectivity index (χ0n) is 22.3. The number of carbonyl (C=O) groups excluding carboxylic acids is 1. The van der Waals surface area contributed by atoms with Crippen LogP contribution in [-0.2, 0) is 10.3 Å². The number of nitrogens with one attached hydrogen (secondary N) is 1. The minimum Gasteiger partial charge on any atom is -0.444 e. The van der Waals surface area contributed by atoms with Crippen molar-refractivity contribution in [1.29, 1.82) is 0 Å². The van der Waals surface area contributed by atoms with Gasteiger partial charge in [0, 0.05) is 23.5 Å². The maximum Gasteiger partial charge on any atom is 0.408 e. The molecule has 1 amide bonds. The molecule has 7 nitrogen and oxygen atoms in total. The van der Waals surface area contributed by atoms with Crippen LogP contribution in [0.3, 0.4) is 0 Å². The standard InChI is InChI=1S/C32H30N4O3/c1-31(2,3)39-30(37)36-32(16-8-17-32)24-14-12-22(13-15-24)28-26(21-9-5-4-6-10-21)27-29(38-28)34-20-25(35-27)23-11-7-18-33-19-23/h4-7,9-15,18-20H,8,16-17H2,1-3H3,(H,36,37). The lowest BCUT2D eigenvalue weighted by Crippen LogP contribution is -2.52. The highest BCUT2D eigenvalue weighted by molar-refractivity contribution is 5.98. The average molecular weight is 519 g/mol. The fraction of sp³-hybridized carbons (Fsp3) is 0.250. The van der Waals surface area contributed by atoms with E-state index in [9.17, 15) is 4.79 Å². The van der Waals surface area contributed by atoms with Crippen molar-refractivity contribution >= 4 is 17.3 Å². The van der Waals surface area contributed by atoms with Crippen LogP contribution in [0.15, 0.2) is 89.7 Å². The maximum absolute atomic E-state index is 12.6. The molecule has 1 N–H and O–H groups in total. The molecule has 0 aliphatic heterocycles. The first kappa shape index (κ1) is 24.8. The molecular weight excluding hydrogens is 488 g/mol. The number of benzene rings is 2. The first-order valence-corrected chi connectivity index (χ1v) is 13.2. The van der Waals surface area contributed by atoms with Gasteiger partial charge >= 0.3 is 6.09 Å². The van der Waals surface area contributed by atoms with Crippen molar-refractivity contribution in [3.05, 3.63) is 90.9 Å². The summed E-state index contributed by atoms with van der Waals surface area (Å²) in [4.78, 5) is 26.4. The van der Waals surface area contributed by atoms with E-state index in [1.54, 1.807) is 18.6 Å². The highest BCUT2D eigenvalue weighted by atomic mass is 16.6. The van der Waals surface area contributed by atoms with Gasteiger partial charge in [0.2, 0.25) is 5.71 Å². The van der Waals surface area contributed by atoms with E-state index in [1.165, 1.54) is 0 Å². The molecule has 0 saturated heterocycles. The lowest BCUT2D eigenvalue weighted by Gasteiger charge is -2.43. The minimum atomic E-state index is -0.549. The van der Waals surface area contributed by atoms with Crippen LogP contribution in [-0.4, -0.2) is 26.6 Å². The molecule has 1 aliphatic rings. The Morgan fingerprint density at radius 1 is 0.923 bits per heavy atom. The van der Waals surface area contributed by atoms with Crippen molar-refractivity contribution in [3.8, 4) is 33.7 Å². The minimum absolute atomic E-state index is 0.392. The van der Waals surface area contributed by atoms with Crippen LogP contribution in [0.2, 0.25) is 0 Å². The summed E-state index contributed by atoms with van der Waals surface area (Å²) in [6, 6.07) is 22.2. The molecule has 3 heterocycles. The molecule has 196 valence electrons. The molecule has 6 rings (SSSR count). The number of ether oxygens (including phenoxy) is 1. The van der Waals surface area contributed by atoms with Gasteiger partial charge in [-0.1, -0.05) is 54.6 Å². The smallest absolute Gasteiger partial charge is 0.408 e. The number of furan rings is 1. The van der Waals surface area contributed by atoms with Crippen LogP contribution in [0.1, 0.15) is 45.6 Å². The van der Waals surface area contributed by atoms with E-state index in [2.05, 4.69) is 39.6 Å². The number of nitrogens with zero attached hydrogens (tertiary/aromatic N) is 3. The van der Waals surface area contributed by atoms with E-state index in [1.807, 2.05) is 63.2 Å². The molecule has 3 aromatic heterocycles. The second kappa shape index (κ2) is 9.66. The molecule has 5 aromatic rings. The summed E-state index contributed by atoms with van der Waals surface area (Å²) in [7, 11) is 0. The monoisotopic (exact) mass is 518 g/mol. The Kier molecular flexibility index (Phi) is 6.14. The zero-order valence-corrected chi connectivity index (χ0v) is 22.3. The van der Waals surface area contributed by atoms with Gasteiger partial charge in [-0.2, -0.15) is 0 Å².